The standard InChI is InChI=1S/C11H10O4/c12-9-6-4-1-2-5(3-4)7(6)10(13)8(9)11(14)15/h1-2,4-7,12H,3H2,(H,14,15)/t4?,5?,6?,7-/m0/s1. The number of carboxylic acid groups (broad SMARTS) is 1. The Bertz CT molecular complexity index is 432. The van der Waals surface area contributed by atoms with E-state index in [1.54, 1.807) is 0 Å². The van der Waals surface area contributed by atoms with Crippen molar-refractivity contribution in [2.45, 2.75) is 6.42 Å². The number of rotatable bonds is 1. The summed E-state index contributed by atoms with van der Waals surface area (Å²) in [5.41, 5.74) is -0.386. The average Bonchev–Trinajstić information content (AvgIpc) is 2.79. The second-order valence-corrected chi connectivity index (χ2v) is 4.43. The van der Waals surface area contributed by atoms with Gasteiger partial charge in [0.05, 0.1) is 0 Å². The second kappa shape index (κ2) is 2.51. The molecule has 0 radical (unpaired) electrons. The van der Waals surface area contributed by atoms with Gasteiger partial charge >= 0.3 is 5.97 Å². The van der Waals surface area contributed by atoms with Crippen molar-refractivity contribution < 1.29 is 19.8 Å². The van der Waals surface area contributed by atoms with Crippen molar-refractivity contribution in [3.63, 3.8) is 0 Å². The van der Waals surface area contributed by atoms with Crippen LogP contribution in [-0.4, -0.2) is 22.0 Å². The maximum absolute atomic E-state index is 11.8. The molecule has 0 aromatic carbocycles. The SMILES string of the molecule is O=C(O)C1=C(O)C2C3C=CC(C3)[C@@H]2C1=O. The van der Waals surface area contributed by atoms with Gasteiger partial charge < -0.3 is 10.2 Å². The van der Waals surface area contributed by atoms with E-state index in [1.807, 2.05) is 12.2 Å². The van der Waals surface area contributed by atoms with Crippen LogP contribution in [0.1, 0.15) is 6.42 Å². The van der Waals surface area contributed by atoms with E-state index in [0.717, 1.165) is 6.42 Å². The van der Waals surface area contributed by atoms with Crippen molar-refractivity contribution in [1.29, 1.82) is 0 Å². The number of ketones is 1. The predicted octanol–water partition coefficient (Wildman–Crippen LogP) is 0.904. The van der Waals surface area contributed by atoms with E-state index in [-0.39, 0.29) is 40.8 Å². The van der Waals surface area contributed by atoms with Gasteiger partial charge in [0.2, 0.25) is 0 Å². The molecule has 0 aromatic heterocycles. The van der Waals surface area contributed by atoms with E-state index in [2.05, 4.69) is 0 Å². The number of carboxylic acids is 1. The summed E-state index contributed by atoms with van der Waals surface area (Å²) in [6.45, 7) is 0. The lowest BCUT2D eigenvalue weighted by molar-refractivity contribution is -0.135. The molecule has 3 rings (SSSR count). The number of Topliss-reactive ketones (excluding diaryl/α,β-unsaturated/α-hetero) is 1. The van der Waals surface area contributed by atoms with Crippen LogP contribution >= 0.6 is 0 Å². The fourth-order valence-electron chi connectivity index (χ4n) is 3.23. The zero-order valence-electron chi connectivity index (χ0n) is 7.88. The Hall–Kier alpha value is -1.58. The third-order valence-electron chi connectivity index (χ3n) is 3.79. The van der Waals surface area contributed by atoms with Crippen LogP contribution in [-0.2, 0) is 9.59 Å². The molecule has 1 fully saturated rings. The Morgan fingerprint density at radius 1 is 1.27 bits per heavy atom. The Morgan fingerprint density at radius 2 is 1.87 bits per heavy atom. The molecule has 0 saturated heterocycles. The molecule has 3 aliphatic carbocycles. The van der Waals surface area contributed by atoms with Gasteiger partial charge in [-0.15, -0.1) is 0 Å². The first-order chi connectivity index (χ1) is 7.11. The number of carbonyl (C=O) groups is 2. The molecule has 0 amide bonds. The largest absolute Gasteiger partial charge is 0.511 e. The highest BCUT2D eigenvalue weighted by molar-refractivity contribution is 6.20. The minimum Gasteiger partial charge on any atom is -0.511 e. The summed E-state index contributed by atoms with van der Waals surface area (Å²) in [5, 5.41) is 18.6. The number of carbonyl (C=O) groups excluding carboxylic acids is 1. The van der Waals surface area contributed by atoms with Crippen molar-refractivity contribution in [2.75, 3.05) is 0 Å². The monoisotopic (exact) mass is 206 g/mol. The third-order valence-corrected chi connectivity index (χ3v) is 3.79. The Morgan fingerprint density at radius 3 is 2.40 bits per heavy atom. The number of fused-ring (bicyclic) bond motifs is 5. The molecular formula is C11H10O4. The van der Waals surface area contributed by atoms with Crippen LogP contribution in [0, 0.1) is 23.7 Å². The number of allylic oxidation sites excluding steroid dienone is 3. The number of hydrogen-bond donors (Lipinski definition) is 2. The number of aliphatic carboxylic acids is 1. The van der Waals surface area contributed by atoms with E-state index in [1.165, 1.54) is 0 Å². The van der Waals surface area contributed by atoms with Crippen LogP contribution in [0.2, 0.25) is 0 Å². The lowest BCUT2D eigenvalue weighted by Crippen LogP contribution is -2.23. The third kappa shape index (κ3) is 0.868. The molecule has 1 saturated carbocycles. The molecule has 3 unspecified atom stereocenters. The molecule has 0 heterocycles. The quantitative estimate of drug-likeness (QED) is 0.494. The molecule has 15 heavy (non-hydrogen) atoms. The van der Waals surface area contributed by atoms with E-state index < -0.39 is 5.97 Å². The van der Waals surface area contributed by atoms with Crippen molar-refractivity contribution in [3.8, 4) is 0 Å². The first kappa shape index (κ1) is 8.71. The molecule has 0 aliphatic heterocycles. The van der Waals surface area contributed by atoms with E-state index in [9.17, 15) is 14.7 Å². The van der Waals surface area contributed by atoms with Gasteiger partial charge in [0.15, 0.2) is 5.78 Å². The highest BCUT2D eigenvalue weighted by Gasteiger charge is 2.56. The summed E-state index contributed by atoms with van der Waals surface area (Å²) in [5.74, 6) is -2.18. The predicted molar refractivity (Wildman–Crippen MR) is 50.0 cm³/mol. The van der Waals surface area contributed by atoms with E-state index >= 15 is 0 Å². The molecule has 4 nitrogen and oxygen atoms in total. The minimum absolute atomic E-state index is 0.131. The summed E-state index contributed by atoms with van der Waals surface area (Å²) in [6.07, 6.45) is 4.83. The fourth-order valence-corrected chi connectivity index (χ4v) is 3.23. The van der Waals surface area contributed by atoms with Crippen molar-refractivity contribution in [2.24, 2.45) is 23.7 Å². The topological polar surface area (TPSA) is 74.6 Å². The molecule has 4 heteroatoms. The van der Waals surface area contributed by atoms with Gasteiger partial charge in [-0.3, -0.25) is 4.79 Å². The van der Waals surface area contributed by atoms with E-state index in [4.69, 9.17) is 5.11 Å². The van der Waals surface area contributed by atoms with Gasteiger partial charge in [0, 0.05) is 11.8 Å². The Kier molecular flexibility index (Phi) is 1.45. The first-order valence-corrected chi connectivity index (χ1v) is 5.00. The molecule has 78 valence electrons. The van der Waals surface area contributed by atoms with Gasteiger partial charge in [-0.1, -0.05) is 12.2 Å². The first-order valence-electron chi connectivity index (χ1n) is 5.00. The van der Waals surface area contributed by atoms with Gasteiger partial charge in [-0.2, -0.15) is 0 Å². The lowest BCUT2D eigenvalue weighted by atomic mass is 9.84. The van der Waals surface area contributed by atoms with Crippen molar-refractivity contribution in [1.82, 2.24) is 0 Å². The van der Waals surface area contributed by atoms with Gasteiger partial charge in [0.25, 0.3) is 0 Å². The number of aliphatic hydroxyl groups is 1. The zero-order chi connectivity index (χ0) is 10.7. The summed E-state index contributed by atoms with van der Waals surface area (Å²) < 4.78 is 0. The highest BCUT2D eigenvalue weighted by atomic mass is 16.4. The maximum atomic E-state index is 11.8. The lowest BCUT2D eigenvalue weighted by Gasteiger charge is -2.18. The average molecular weight is 206 g/mol. The van der Waals surface area contributed by atoms with Crippen LogP contribution in [0.25, 0.3) is 0 Å². The van der Waals surface area contributed by atoms with Gasteiger partial charge in [0.1, 0.15) is 11.3 Å². The molecule has 2 bridgehead atoms. The van der Waals surface area contributed by atoms with Crippen LogP contribution in [0.3, 0.4) is 0 Å². The zero-order valence-corrected chi connectivity index (χ0v) is 7.88. The summed E-state index contributed by atoms with van der Waals surface area (Å²) in [4.78, 5) is 22.6. The summed E-state index contributed by atoms with van der Waals surface area (Å²) >= 11 is 0. The Labute approximate surface area is 85.9 Å². The summed E-state index contributed by atoms with van der Waals surface area (Å²) in [6, 6.07) is 0. The maximum Gasteiger partial charge on any atom is 0.342 e. The minimum atomic E-state index is -1.30. The fraction of sp³-hybridized carbons (Fsp3) is 0.455. The Balaban J connectivity index is 2.10. The van der Waals surface area contributed by atoms with Gasteiger partial charge in [-0.25, -0.2) is 4.79 Å². The summed E-state index contributed by atoms with van der Waals surface area (Å²) in [7, 11) is 0. The molecule has 0 spiro atoms. The van der Waals surface area contributed by atoms with Crippen molar-refractivity contribution in [3.05, 3.63) is 23.5 Å². The normalized spacial score (nSPS) is 41.5. The number of hydrogen-bond acceptors (Lipinski definition) is 3. The second-order valence-electron chi connectivity index (χ2n) is 4.43. The van der Waals surface area contributed by atoms with Crippen LogP contribution in [0.15, 0.2) is 23.5 Å². The molecule has 0 aromatic rings. The molecule has 4 atom stereocenters. The van der Waals surface area contributed by atoms with Crippen LogP contribution in [0.4, 0.5) is 0 Å². The molecule has 2 N–H and O–H groups in total. The highest BCUT2D eigenvalue weighted by Crippen LogP contribution is 2.55. The number of aliphatic hydroxyl groups excluding tert-OH is 1. The van der Waals surface area contributed by atoms with Crippen molar-refractivity contribution >= 4 is 11.8 Å². The van der Waals surface area contributed by atoms with Crippen LogP contribution < -0.4 is 0 Å². The van der Waals surface area contributed by atoms with E-state index in [0.29, 0.717) is 0 Å². The molecular weight excluding hydrogens is 196 g/mol. The smallest absolute Gasteiger partial charge is 0.342 e. The van der Waals surface area contributed by atoms with Gasteiger partial charge in [-0.05, 0) is 18.3 Å². The van der Waals surface area contributed by atoms with Crippen LogP contribution in [0.5, 0.6) is 0 Å². The molecule has 3 aliphatic rings.